The highest BCUT2D eigenvalue weighted by Gasteiger charge is 2.34. The van der Waals surface area contributed by atoms with Gasteiger partial charge in [-0.1, -0.05) is 85.9 Å². The highest BCUT2D eigenvalue weighted by Crippen LogP contribution is 2.31. The standard InChI is InChI=1S/C31H37Cl2N3O4S/c1-6-29(31(38)34-18-21(2)3)35(19-24-10-8-7-9-23(24)5)30(37)20-36(25-13-16-27(32)28(33)17-25)41(39,40)26-14-11-22(4)12-15-26/h7-17,21,29H,6,18-20H2,1-5H3,(H,34,38)/t29-/m0/s1. The van der Waals surface area contributed by atoms with Gasteiger partial charge in [-0.25, -0.2) is 8.42 Å². The highest BCUT2D eigenvalue weighted by molar-refractivity contribution is 7.92. The van der Waals surface area contributed by atoms with E-state index in [1.807, 2.05) is 58.9 Å². The van der Waals surface area contributed by atoms with Crippen molar-refractivity contribution in [1.82, 2.24) is 10.2 Å². The number of nitrogens with one attached hydrogen (secondary N) is 1. The Kier molecular flexibility index (Phi) is 11.2. The Morgan fingerprint density at radius 3 is 2.17 bits per heavy atom. The maximum Gasteiger partial charge on any atom is 0.264 e. The zero-order chi connectivity index (χ0) is 30.3. The lowest BCUT2D eigenvalue weighted by atomic mass is 10.1. The van der Waals surface area contributed by atoms with E-state index >= 15 is 0 Å². The number of hydrogen-bond donors (Lipinski definition) is 1. The first kappa shape index (κ1) is 32.4. The normalized spacial score (nSPS) is 12.2. The predicted molar refractivity (Wildman–Crippen MR) is 166 cm³/mol. The lowest BCUT2D eigenvalue weighted by molar-refractivity contribution is -0.140. The number of amides is 2. The maximum absolute atomic E-state index is 14.2. The van der Waals surface area contributed by atoms with Crippen molar-refractivity contribution in [2.75, 3.05) is 17.4 Å². The molecular formula is C31H37Cl2N3O4S. The minimum atomic E-state index is -4.20. The summed E-state index contributed by atoms with van der Waals surface area (Å²) >= 11 is 12.4. The molecule has 0 heterocycles. The minimum Gasteiger partial charge on any atom is -0.354 e. The number of nitrogens with zero attached hydrogens (tertiary/aromatic N) is 2. The van der Waals surface area contributed by atoms with Crippen LogP contribution in [0.1, 0.15) is 43.9 Å². The molecule has 7 nitrogen and oxygen atoms in total. The fourth-order valence-electron chi connectivity index (χ4n) is 4.32. The SMILES string of the molecule is CC[C@@H](C(=O)NCC(C)C)N(Cc1ccccc1C)C(=O)CN(c1ccc(Cl)c(Cl)c1)S(=O)(=O)c1ccc(C)cc1. The summed E-state index contributed by atoms with van der Waals surface area (Å²) in [5.74, 6) is -0.589. The van der Waals surface area contributed by atoms with Gasteiger partial charge in [-0.15, -0.1) is 0 Å². The Bertz CT molecular complexity index is 1480. The van der Waals surface area contributed by atoms with Crippen LogP contribution in [0.3, 0.4) is 0 Å². The topological polar surface area (TPSA) is 86.8 Å². The molecule has 0 saturated heterocycles. The number of carbonyl (C=O) groups excluding carboxylic acids is 2. The van der Waals surface area contributed by atoms with E-state index in [0.717, 1.165) is 21.0 Å². The molecule has 2 amide bonds. The molecule has 0 unspecified atom stereocenters. The monoisotopic (exact) mass is 617 g/mol. The second kappa shape index (κ2) is 14.2. The largest absolute Gasteiger partial charge is 0.354 e. The number of aryl methyl sites for hydroxylation is 2. The van der Waals surface area contributed by atoms with Gasteiger partial charge in [0.1, 0.15) is 12.6 Å². The third-order valence-electron chi connectivity index (χ3n) is 6.75. The number of benzene rings is 3. The van der Waals surface area contributed by atoms with Crippen LogP contribution in [0.4, 0.5) is 5.69 Å². The van der Waals surface area contributed by atoms with E-state index in [1.54, 1.807) is 12.1 Å². The summed E-state index contributed by atoms with van der Waals surface area (Å²) < 4.78 is 28.9. The van der Waals surface area contributed by atoms with Gasteiger partial charge < -0.3 is 10.2 Å². The second-order valence-electron chi connectivity index (χ2n) is 10.4. The Balaban J connectivity index is 2.08. The molecule has 0 bridgehead atoms. The van der Waals surface area contributed by atoms with Crippen LogP contribution in [-0.2, 0) is 26.2 Å². The molecule has 3 rings (SSSR count). The van der Waals surface area contributed by atoms with Crippen LogP contribution >= 0.6 is 23.2 Å². The number of sulfonamides is 1. The van der Waals surface area contributed by atoms with Crippen molar-refractivity contribution in [3.05, 3.63) is 93.5 Å². The zero-order valence-electron chi connectivity index (χ0n) is 24.0. The second-order valence-corrected chi connectivity index (χ2v) is 13.1. The smallest absolute Gasteiger partial charge is 0.264 e. The Morgan fingerprint density at radius 2 is 1.59 bits per heavy atom. The van der Waals surface area contributed by atoms with Crippen LogP contribution in [0.25, 0.3) is 0 Å². The molecule has 0 radical (unpaired) electrons. The Labute approximate surface area is 253 Å². The molecule has 1 atom stereocenters. The van der Waals surface area contributed by atoms with Crippen molar-refractivity contribution < 1.29 is 18.0 Å². The van der Waals surface area contributed by atoms with E-state index < -0.39 is 28.5 Å². The summed E-state index contributed by atoms with van der Waals surface area (Å²) in [6.07, 6.45) is 0.346. The van der Waals surface area contributed by atoms with E-state index in [0.29, 0.717) is 13.0 Å². The van der Waals surface area contributed by atoms with Gasteiger partial charge in [-0.2, -0.15) is 0 Å². The molecular weight excluding hydrogens is 581 g/mol. The minimum absolute atomic E-state index is 0.0224. The van der Waals surface area contributed by atoms with Gasteiger partial charge in [0.2, 0.25) is 11.8 Å². The number of halogens is 2. The molecule has 41 heavy (non-hydrogen) atoms. The molecule has 0 aliphatic rings. The maximum atomic E-state index is 14.2. The summed E-state index contributed by atoms with van der Waals surface area (Å²) in [4.78, 5) is 29.0. The number of hydrogen-bond acceptors (Lipinski definition) is 4. The van der Waals surface area contributed by atoms with Gasteiger partial charge in [-0.3, -0.25) is 13.9 Å². The van der Waals surface area contributed by atoms with Crippen LogP contribution in [-0.4, -0.2) is 44.3 Å². The summed E-state index contributed by atoms with van der Waals surface area (Å²) in [5, 5.41) is 3.34. The number of rotatable bonds is 12. The van der Waals surface area contributed by atoms with Crippen LogP contribution in [0.15, 0.2) is 71.6 Å². The van der Waals surface area contributed by atoms with Crippen LogP contribution in [0.5, 0.6) is 0 Å². The van der Waals surface area contributed by atoms with Gasteiger partial charge in [0, 0.05) is 13.1 Å². The summed E-state index contributed by atoms with van der Waals surface area (Å²) in [7, 11) is -4.20. The van der Waals surface area contributed by atoms with Gasteiger partial charge in [0.15, 0.2) is 0 Å². The first-order valence-electron chi connectivity index (χ1n) is 13.5. The van der Waals surface area contributed by atoms with Crippen LogP contribution < -0.4 is 9.62 Å². The van der Waals surface area contributed by atoms with E-state index in [-0.39, 0.29) is 39.0 Å². The summed E-state index contributed by atoms with van der Waals surface area (Å²) in [6.45, 7) is 9.64. The van der Waals surface area contributed by atoms with E-state index in [9.17, 15) is 18.0 Å². The van der Waals surface area contributed by atoms with Gasteiger partial charge in [0.05, 0.1) is 20.6 Å². The quantitative estimate of drug-likeness (QED) is 0.255. The van der Waals surface area contributed by atoms with E-state index in [2.05, 4.69) is 5.32 Å². The summed E-state index contributed by atoms with van der Waals surface area (Å²) in [5.41, 5.74) is 2.89. The Hall–Kier alpha value is -3.07. The molecule has 0 aliphatic heterocycles. The molecule has 3 aromatic carbocycles. The first-order valence-corrected chi connectivity index (χ1v) is 15.7. The van der Waals surface area contributed by atoms with Gasteiger partial charge >= 0.3 is 0 Å². The molecule has 10 heteroatoms. The molecule has 0 aliphatic carbocycles. The number of carbonyl (C=O) groups is 2. The third kappa shape index (κ3) is 8.24. The molecule has 3 aromatic rings. The van der Waals surface area contributed by atoms with Crippen molar-refractivity contribution in [2.45, 2.75) is 58.5 Å². The lowest BCUT2D eigenvalue weighted by Crippen LogP contribution is -2.52. The number of anilines is 1. The van der Waals surface area contributed by atoms with Crippen molar-refractivity contribution >= 4 is 50.7 Å². The van der Waals surface area contributed by atoms with E-state index in [1.165, 1.54) is 35.2 Å². The highest BCUT2D eigenvalue weighted by atomic mass is 35.5. The fraction of sp³-hybridized carbons (Fsp3) is 0.355. The fourth-order valence-corrected chi connectivity index (χ4v) is 6.02. The Morgan fingerprint density at radius 1 is 0.927 bits per heavy atom. The van der Waals surface area contributed by atoms with Crippen molar-refractivity contribution in [1.29, 1.82) is 0 Å². The molecule has 0 saturated carbocycles. The van der Waals surface area contributed by atoms with Gasteiger partial charge in [0.25, 0.3) is 10.0 Å². The molecule has 220 valence electrons. The van der Waals surface area contributed by atoms with Gasteiger partial charge in [-0.05, 0) is 67.6 Å². The third-order valence-corrected chi connectivity index (χ3v) is 9.28. The van der Waals surface area contributed by atoms with Crippen LogP contribution in [0.2, 0.25) is 10.0 Å². The average Bonchev–Trinajstić information content (AvgIpc) is 2.93. The average molecular weight is 619 g/mol. The summed E-state index contributed by atoms with van der Waals surface area (Å²) in [6, 6.07) is 17.6. The lowest BCUT2D eigenvalue weighted by Gasteiger charge is -2.33. The molecule has 0 spiro atoms. The molecule has 1 N–H and O–H groups in total. The van der Waals surface area contributed by atoms with Crippen molar-refractivity contribution in [3.8, 4) is 0 Å². The van der Waals surface area contributed by atoms with Crippen LogP contribution in [0, 0.1) is 19.8 Å². The molecule has 0 aromatic heterocycles. The zero-order valence-corrected chi connectivity index (χ0v) is 26.4. The van der Waals surface area contributed by atoms with E-state index in [4.69, 9.17) is 23.2 Å². The van der Waals surface area contributed by atoms with Crippen molar-refractivity contribution in [2.24, 2.45) is 5.92 Å². The first-order chi connectivity index (χ1) is 19.3. The predicted octanol–water partition coefficient (Wildman–Crippen LogP) is 6.39. The van der Waals surface area contributed by atoms with Crippen molar-refractivity contribution in [3.63, 3.8) is 0 Å². The molecule has 0 fully saturated rings.